The molecular weight excluding hydrogens is 374 g/mol. The summed E-state index contributed by atoms with van der Waals surface area (Å²) in [5, 5.41) is 16.2. The fraction of sp³-hybridized carbons (Fsp3) is 0.286. The Labute approximate surface area is 169 Å². The standard InChI is InChI=1S/C21H25N3O5/c1-3-4-12-29-17-10-8-15(9-11-17)21(27)22-14-19(25)24-23-13-16-6-5-7-18(28-2)20(16)26/h5-11,13,26H,3-4,12,14H2,1-2H3,(H,22,27)(H,24,25)/b23-13+. The second kappa shape index (κ2) is 11.3. The average molecular weight is 399 g/mol. The van der Waals surface area contributed by atoms with Gasteiger partial charge in [-0.2, -0.15) is 5.10 Å². The van der Waals surface area contributed by atoms with Crippen LogP contribution in [0.25, 0.3) is 0 Å². The third kappa shape index (κ3) is 6.84. The number of nitrogens with zero attached hydrogens (tertiary/aromatic N) is 1. The lowest BCUT2D eigenvalue weighted by molar-refractivity contribution is -0.120. The van der Waals surface area contributed by atoms with Gasteiger partial charge >= 0.3 is 0 Å². The second-order valence-corrected chi connectivity index (χ2v) is 6.10. The molecule has 0 saturated carbocycles. The number of para-hydroxylation sites is 1. The van der Waals surface area contributed by atoms with Gasteiger partial charge in [-0.25, -0.2) is 5.43 Å². The monoisotopic (exact) mass is 399 g/mol. The van der Waals surface area contributed by atoms with Crippen LogP contribution < -0.4 is 20.2 Å². The number of unbranched alkanes of at least 4 members (excludes halogenated alkanes) is 1. The molecule has 2 aromatic carbocycles. The number of benzene rings is 2. The Bertz CT molecular complexity index is 850. The van der Waals surface area contributed by atoms with Crippen LogP contribution in [-0.2, 0) is 4.79 Å². The zero-order chi connectivity index (χ0) is 21.1. The van der Waals surface area contributed by atoms with Crippen molar-refractivity contribution in [3.63, 3.8) is 0 Å². The van der Waals surface area contributed by atoms with Crippen molar-refractivity contribution >= 4 is 18.0 Å². The number of carbonyl (C=O) groups excluding carboxylic acids is 2. The first kappa shape index (κ1) is 21.7. The normalized spacial score (nSPS) is 10.6. The lowest BCUT2D eigenvalue weighted by Gasteiger charge is -2.07. The largest absolute Gasteiger partial charge is 0.504 e. The van der Waals surface area contributed by atoms with Crippen LogP contribution in [0.1, 0.15) is 35.7 Å². The van der Waals surface area contributed by atoms with Crippen molar-refractivity contribution in [2.75, 3.05) is 20.3 Å². The van der Waals surface area contributed by atoms with E-state index in [1.54, 1.807) is 42.5 Å². The molecule has 2 amide bonds. The minimum Gasteiger partial charge on any atom is -0.504 e. The topological polar surface area (TPSA) is 109 Å². The molecule has 8 nitrogen and oxygen atoms in total. The van der Waals surface area contributed by atoms with E-state index < -0.39 is 5.91 Å². The quantitative estimate of drug-likeness (QED) is 0.323. The molecule has 0 heterocycles. The van der Waals surface area contributed by atoms with Gasteiger partial charge in [-0.15, -0.1) is 0 Å². The summed E-state index contributed by atoms with van der Waals surface area (Å²) < 4.78 is 10.5. The number of amides is 2. The van der Waals surface area contributed by atoms with Crippen LogP contribution in [0.4, 0.5) is 0 Å². The molecule has 3 N–H and O–H groups in total. The number of aromatic hydroxyl groups is 1. The SMILES string of the molecule is CCCCOc1ccc(C(=O)NCC(=O)N/N=C/c2cccc(OC)c2O)cc1. The number of phenolic OH excluding ortho intramolecular Hbond substituents is 1. The van der Waals surface area contributed by atoms with Gasteiger partial charge in [-0.1, -0.05) is 19.4 Å². The Morgan fingerprint density at radius 2 is 1.93 bits per heavy atom. The Morgan fingerprint density at radius 1 is 1.17 bits per heavy atom. The molecule has 0 spiro atoms. The maximum absolute atomic E-state index is 12.1. The molecular formula is C21H25N3O5. The number of ether oxygens (including phenoxy) is 2. The van der Waals surface area contributed by atoms with Gasteiger partial charge in [0.15, 0.2) is 11.5 Å². The summed E-state index contributed by atoms with van der Waals surface area (Å²) in [7, 11) is 1.44. The molecule has 0 radical (unpaired) electrons. The number of rotatable bonds is 10. The molecule has 0 fully saturated rings. The molecule has 0 aliphatic heterocycles. The van der Waals surface area contributed by atoms with Crippen LogP contribution in [0.3, 0.4) is 0 Å². The predicted octanol–water partition coefficient (Wildman–Crippen LogP) is 2.46. The molecule has 0 aromatic heterocycles. The van der Waals surface area contributed by atoms with Crippen molar-refractivity contribution in [3.8, 4) is 17.2 Å². The molecule has 0 unspecified atom stereocenters. The van der Waals surface area contributed by atoms with Crippen LogP contribution in [0.2, 0.25) is 0 Å². The van der Waals surface area contributed by atoms with E-state index in [0.29, 0.717) is 29.2 Å². The van der Waals surface area contributed by atoms with Gasteiger partial charge in [-0.3, -0.25) is 9.59 Å². The molecule has 2 aromatic rings. The third-order valence-electron chi connectivity index (χ3n) is 3.94. The highest BCUT2D eigenvalue weighted by Crippen LogP contribution is 2.27. The number of hydrogen-bond acceptors (Lipinski definition) is 6. The van der Waals surface area contributed by atoms with Crippen LogP contribution in [0.5, 0.6) is 17.2 Å². The lowest BCUT2D eigenvalue weighted by Crippen LogP contribution is -2.34. The first-order valence-corrected chi connectivity index (χ1v) is 9.24. The number of hydrazone groups is 1. The van der Waals surface area contributed by atoms with E-state index in [4.69, 9.17) is 9.47 Å². The third-order valence-corrected chi connectivity index (χ3v) is 3.94. The summed E-state index contributed by atoms with van der Waals surface area (Å²) >= 11 is 0. The van der Waals surface area contributed by atoms with E-state index in [-0.39, 0.29) is 18.2 Å². The molecule has 0 atom stereocenters. The van der Waals surface area contributed by atoms with E-state index in [2.05, 4.69) is 22.8 Å². The zero-order valence-electron chi connectivity index (χ0n) is 16.5. The van der Waals surface area contributed by atoms with Gasteiger partial charge in [-0.05, 0) is 42.8 Å². The van der Waals surface area contributed by atoms with E-state index in [1.807, 2.05) is 0 Å². The first-order valence-electron chi connectivity index (χ1n) is 9.24. The summed E-state index contributed by atoms with van der Waals surface area (Å²) in [5.74, 6) is 0.0341. The van der Waals surface area contributed by atoms with Crippen molar-refractivity contribution in [2.45, 2.75) is 19.8 Å². The molecule has 29 heavy (non-hydrogen) atoms. The van der Waals surface area contributed by atoms with Gasteiger partial charge in [0.05, 0.1) is 26.5 Å². The Morgan fingerprint density at radius 3 is 2.62 bits per heavy atom. The van der Waals surface area contributed by atoms with Crippen LogP contribution in [-0.4, -0.2) is 43.4 Å². The van der Waals surface area contributed by atoms with E-state index in [1.165, 1.54) is 13.3 Å². The smallest absolute Gasteiger partial charge is 0.259 e. The van der Waals surface area contributed by atoms with Crippen molar-refractivity contribution in [3.05, 3.63) is 53.6 Å². The number of phenols is 1. The maximum Gasteiger partial charge on any atom is 0.259 e. The zero-order valence-corrected chi connectivity index (χ0v) is 16.5. The highest BCUT2D eigenvalue weighted by atomic mass is 16.5. The number of nitrogens with one attached hydrogen (secondary N) is 2. The number of methoxy groups -OCH3 is 1. The fourth-order valence-corrected chi connectivity index (χ4v) is 2.32. The number of carbonyl (C=O) groups is 2. The predicted molar refractivity (Wildman–Crippen MR) is 110 cm³/mol. The molecule has 0 aliphatic carbocycles. The van der Waals surface area contributed by atoms with Crippen molar-refractivity contribution in [1.29, 1.82) is 0 Å². The highest BCUT2D eigenvalue weighted by molar-refractivity contribution is 5.96. The number of hydrogen-bond donors (Lipinski definition) is 3. The minimum atomic E-state index is -0.503. The summed E-state index contributed by atoms with van der Waals surface area (Å²) in [5.41, 5.74) is 3.09. The van der Waals surface area contributed by atoms with Crippen molar-refractivity contribution in [1.82, 2.24) is 10.7 Å². The van der Waals surface area contributed by atoms with Crippen molar-refractivity contribution in [2.24, 2.45) is 5.10 Å². The first-order chi connectivity index (χ1) is 14.0. The lowest BCUT2D eigenvalue weighted by atomic mass is 10.2. The van der Waals surface area contributed by atoms with E-state index in [9.17, 15) is 14.7 Å². The van der Waals surface area contributed by atoms with Gasteiger partial charge in [0.1, 0.15) is 5.75 Å². The van der Waals surface area contributed by atoms with Gasteiger partial charge in [0.25, 0.3) is 11.8 Å². The van der Waals surface area contributed by atoms with Gasteiger partial charge in [0, 0.05) is 11.1 Å². The van der Waals surface area contributed by atoms with Gasteiger partial charge < -0.3 is 19.9 Å². The Hall–Kier alpha value is -3.55. The maximum atomic E-state index is 12.1. The van der Waals surface area contributed by atoms with E-state index in [0.717, 1.165) is 12.8 Å². The molecule has 154 valence electrons. The van der Waals surface area contributed by atoms with Crippen molar-refractivity contribution < 1.29 is 24.2 Å². The summed E-state index contributed by atoms with van der Waals surface area (Å²) in [4.78, 5) is 23.9. The van der Waals surface area contributed by atoms with Crippen LogP contribution in [0.15, 0.2) is 47.6 Å². The minimum absolute atomic E-state index is 0.0802. The average Bonchev–Trinajstić information content (AvgIpc) is 2.74. The van der Waals surface area contributed by atoms with E-state index >= 15 is 0 Å². The Balaban J connectivity index is 1.79. The summed E-state index contributed by atoms with van der Waals surface area (Å²) in [6.07, 6.45) is 3.30. The molecule has 2 rings (SSSR count). The van der Waals surface area contributed by atoms with Gasteiger partial charge in [0.2, 0.25) is 0 Å². The summed E-state index contributed by atoms with van der Waals surface area (Å²) in [6.45, 7) is 2.48. The molecule has 8 heteroatoms. The fourth-order valence-electron chi connectivity index (χ4n) is 2.32. The van der Waals surface area contributed by atoms with Crippen LogP contribution >= 0.6 is 0 Å². The molecule has 0 aliphatic rings. The molecule has 0 bridgehead atoms. The molecule has 0 saturated heterocycles. The Kier molecular flexibility index (Phi) is 8.50. The second-order valence-electron chi connectivity index (χ2n) is 6.10. The van der Waals surface area contributed by atoms with Crippen LogP contribution in [0, 0.1) is 0 Å². The highest BCUT2D eigenvalue weighted by Gasteiger charge is 2.08. The summed E-state index contributed by atoms with van der Waals surface area (Å²) in [6, 6.07) is 11.6.